The molecule has 0 saturated heterocycles. The Morgan fingerprint density at radius 2 is 2.05 bits per heavy atom. The standard InChI is InChI=1S/C14H14N2O3/c1-19-11-5-6-13(17)12(8-11)14(18)16-10-4-2-3-9(15)7-10/h2-8,17H,15H2,1H3,(H,16,18). The second-order valence-electron chi connectivity index (χ2n) is 3.96. The van der Waals surface area contributed by atoms with Gasteiger partial charge in [-0.2, -0.15) is 0 Å². The van der Waals surface area contributed by atoms with Gasteiger partial charge in [0.15, 0.2) is 0 Å². The Morgan fingerprint density at radius 3 is 2.74 bits per heavy atom. The van der Waals surface area contributed by atoms with Gasteiger partial charge < -0.3 is 20.9 Å². The number of carbonyl (C=O) groups is 1. The molecule has 2 aromatic rings. The molecule has 0 aromatic heterocycles. The number of benzene rings is 2. The van der Waals surface area contributed by atoms with Gasteiger partial charge in [0.25, 0.3) is 5.91 Å². The van der Waals surface area contributed by atoms with Gasteiger partial charge in [-0.3, -0.25) is 4.79 Å². The molecule has 0 heterocycles. The van der Waals surface area contributed by atoms with E-state index in [1.165, 1.54) is 19.2 Å². The van der Waals surface area contributed by atoms with Crippen molar-refractivity contribution in [1.82, 2.24) is 0 Å². The number of nitrogens with two attached hydrogens (primary N) is 1. The van der Waals surface area contributed by atoms with Crippen LogP contribution in [0.3, 0.4) is 0 Å². The summed E-state index contributed by atoms with van der Waals surface area (Å²) in [6.07, 6.45) is 0. The zero-order valence-corrected chi connectivity index (χ0v) is 10.4. The molecule has 0 spiro atoms. The predicted molar refractivity (Wildman–Crippen MR) is 73.5 cm³/mol. The van der Waals surface area contributed by atoms with Crippen LogP contribution in [0.5, 0.6) is 11.5 Å². The molecule has 2 rings (SSSR count). The minimum atomic E-state index is -0.429. The molecule has 4 N–H and O–H groups in total. The lowest BCUT2D eigenvalue weighted by molar-refractivity contribution is 0.102. The first-order valence-corrected chi connectivity index (χ1v) is 5.64. The summed E-state index contributed by atoms with van der Waals surface area (Å²) in [6, 6.07) is 11.3. The van der Waals surface area contributed by atoms with Crippen LogP contribution in [0.1, 0.15) is 10.4 Å². The zero-order chi connectivity index (χ0) is 13.8. The Morgan fingerprint density at radius 1 is 1.26 bits per heavy atom. The lowest BCUT2D eigenvalue weighted by atomic mass is 10.1. The van der Waals surface area contributed by atoms with Crippen molar-refractivity contribution in [3.63, 3.8) is 0 Å². The summed E-state index contributed by atoms with van der Waals surface area (Å²) < 4.78 is 5.02. The molecule has 0 unspecified atom stereocenters. The number of hydrogen-bond acceptors (Lipinski definition) is 4. The van der Waals surface area contributed by atoms with Crippen LogP contribution in [0.25, 0.3) is 0 Å². The van der Waals surface area contributed by atoms with Crippen LogP contribution >= 0.6 is 0 Å². The molecule has 0 radical (unpaired) electrons. The Kier molecular flexibility index (Phi) is 3.56. The third-order valence-electron chi connectivity index (χ3n) is 2.59. The molecule has 2 aromatic carbocycles. The second kappa shape index (κ2) is 5.30. The topological polar surface area (TPSA) is 84.6 Å². The van der Waals surface area contributed by atoms with Crippen LogP contribution in [0.15, 0.2) is 42.5 Å². The van der Waals surface area contributed by atoms with Crippen molar-refractivity contribution < 1.29 is 14.6 Å². The number of hydrogen-bond donors (Lipinski definition) is 3. The van der Waals surface area contributed by atoms with Gasteiger partial charge in [0.2, 0.25) is 0 Å². The van der Waals surface area contributed by atoms with Crippen LogP contribution < -0.4 is 15.8 Å². The molecular formula is C14H14N2O3. The quantitative estimate of drug-likeness (QED) is 0.737. The molecule has 0 bridgehead atoms. The van der Waals surface area contributed by atoms with E-state index in [4.69, 9.17) is 10.5 Å². The van der Waals surface area contributed by atoms with Crippen molar-refractivity contribution in [3.8, 4) is 11.5 Å². The number of aromatic hydroxyl groups is 1. The van der Waals surface area contributed by atoms with Gasteiger partial charge in [0, 0.05) is 11.4 Å². The number of nitrogen functional groups attached to an aromatic ring is 1. The fraction of sp³-hybridized carbons (Fsp3) is 0.0714. The normalized spacial score (nSPS) is 9.95. The summed E-state index contributed by atoms with van der Waals surface area (Å²) in [7, 11) is 1.49. The minimum absolute atomic E-state index is 0.109. The van der Waals surface area contributed by atoms with E-state index in [-0.39, 0.29) is 11.3 Å². The summed E-state index contributed by atoms with van der Waals surface area (Å²) in [6.45, 7) is 0. The van der Waals surface area contributed by atoms with E-state index < -0.39 is 5.91 Å². The van der Waals surface area contributed by atoms with Gasteiger partial charge >= 0.3 is 0 Å². The van der Waals surface area contributed by atoms with Crippen LogP contribution in [0.4, 0.5) is 11.4 Å². The van der Waals surface area contributed by atoms with Crippen molar-refractivity contribution in [2.75, 3.05) is 18.2 Å². The third kappa shape index (κ3) is 2.95. The molecule has 1 amide bonds. The highest BCUT2D eigenvalue weighted by Crippen LogP contribution is 2.24. The minimum Gasteiger partial charge on any atom is -0.507 e. The van der Waals surface area contributed by atoms with Crippen LogP contribution in [-0.4, -0.2) is 18.1 Å². The SMILES string of the molecule is COc1ccc(O)c(C(=O)Nc2cccc(N)c2)c1. The number of carbonyl (C=O) groups excluding carboxylic acids is 1. The number of rotatable bonds is 3. The number of methoxy groups -OCH3 is 1. The molecule has 5 heteroatoms. The Hall–Kier alpha value is -2.69. The Bertz CT molecular complexity index is 611. The molecule has 5 nitrogen and oxygen atoms in total. The summed E-state index contributed by atoms with van der Waals surface area (Å²) in [5, 5.41) is 12.3. The van der Waals surface area contributed by atoms with Crippen LogP contribution in [-0.2, 0) is 0 Å². The van der Waals surface area contributed by atoms with Gasteiger partial charge in [0.1, 0.15) is 11.5 Å². The van der Waals surface area contributed by atoms with E-state index in [1.807, 2.05) is 0 Å². The highest BCUT2D eigenvalue weighted by Gasteiger charge is 2.12. The summed E-state index contributed by atoms with van der Waals surface area (Å²) >= 11 is 0. The monoisotopic (exact) mass is 258 g/mol. The molecule has 0 saturated carbocycles. The van der Waals surface area contributed by atoms with Crippen molar-refractivity contribution in [2.45, 2.75) is 0 Å². The van der Waals surface area contributed by atoms with E-state index in [0.29, 0.717) is 17.1 Å². The van der Waals surface area contributed by atoms with Crippen LogP contribution in [0.2, 0.25) is 0 Å². The van der Waals surface area contributed by atoms with Crippen molar-refractivity contribution in [3.05, 3.63) is 48.0 Å². The van der Waals surface area contributed by atoms with E-state index in [9.17, 15) is 9.90 Å². The van der Waals surface area contributed by atoms with E-state index >= 15 is 0 Å². The number of phenols is 1. The first-order valence-electron chi connectivity index (χ1n) is 5.64. The molecule has 19 heavy (non-hydrogen) atoms. The van der Waals surface area contributed by atoms with Gasteiger partial charge in [-0.25, -0.2) is 0 Å². The number of amides is 1. The van der Waals surface area contributed by atoms with Gasteiger partial charge in [-0.1, -0.05) is 6.07 Å². The summed E-state index contributed by atoms with van der Waals surface area (Å²) in [5.74, 6) is -0.0419. The highest BCUT2D eigenvalue weighted by molar-refractivity contribution is 6.06. The Labute approximate surface area is 110 Å². The number of phenolic OH excluding ortho intramolecular Hbond substituents is 1. The third-order valence-corrected chi connectivity index (χ3v) is 2.59. The fourth-order valence-corrected chi connectivity index (χ4v) is 1.64. The van der Waals surface area contributed by atoms with Gasteiger partial charge in [-0.15, -0.1) is 0 Å². The first-order chi connectivity index (χ1) is 9.10. The largest absolute Gasteiger partial charge is 0.507 e. The molecule has 0 aliphatic carbocycles. The molecule has 0 aliphatic rings. The maximum Gasteiger partial charge on any atom is 0.259 e. The van der Waals surface area contributed by atoms with E-state index in [0.717, 1.165) is 0 Å². The maximum absolute atomic E-state index is 12.0. The fourth-order valence-electron chi connectivity index (χ4n) is 1.64. The molecule has 98 valence electrons. The molecule has 0 atom stereocenters. The molecular weight excluding hydrogens is 244 g/mol. The van der Waals surface area contributed by atoms with Crippen molar-refractivity contribution in [2.24, 2.45) is 0 Å². The van der Waals surface area contributed by atoms with E-state index in [2.05, 4.69) is 5.32 Å². The average molecular weight is 258 g/mol. The van der Waals surface area contributed by atoms with Gasteiger partial charge in [-0.05, 0) is 36.4 Å². The lowest BCUT2D eigenvalue weighted by Crippen LogP contribution is -2.12. The summed E-state index contributed by atoms with van der Waals surface area (Å²) in [4.78, 5) is 12.0. The van der Waals surface area contributed by atoms with Crippen molar-refractivity contribution in [1.29, 1.82) is 0 Å². The number of anilines is 2. The lowest BCUT2D eigenvalue weighted by Gasteiger charge is -2.09. The van der Waals surface area contributed by atoms with Crippen molar-refractivity contribution >= 4 is 17.3 Å². The number of ether oxygens (including phenoxy) is 1. The second-order valence-corrected chi connectivity index (χ2v) is 3.96. The average Bonchev–Trinajstić information content (AvgIpc) is 2.39. The predicted octanol–water partition coefficient (Wildman–Crippen LogP) is 2.24. The Balaban J connectivity index is 2.25. The highest BCUT2D eigenvalue weighted by atomic mass is 16.5. The summed E-state index contributed by atoms with van der Waals surface area (Å²) in [5.41, 5.74) is 6.88. The number of nitrogens with one attached hydrogen (secondary N) is 1. The van der Waals surface area contributed by atoms with Gasteiger partial charge in [0.05, 0.1) is 12.7 Å². The first kappa shape index (κ1) is 12.8. The zero-order valence-electron chi connectivity index (χ0n) is 10.4. The van der Waals surface area contributed by atoms with Crippen LogP contribution in [0, 0.1) is 0 Å². The van der Waals surface area contributed by atoms with E-state index in [1.54, 1.807) is 30.3 Å². The molecule has 0 fully saturated rings. The maximum atomic E-state index is 12.0. The molecule has 0 aliphatic heterocycles. The smallest absolute Gasteiger partial charge is 0.259 e.